The number of aryl methyl sites for hydroxylation is 3. The molecule has 0 heterocycles. The van der Waals surface area contributed by atoms with E-state index in [4.69, 9.17) is 0 Å². The molecule has 1 heteroatoms. The number of rotatable bonds is 14. The molecule has 0 saturated carbocycles. The normalized spacial score (nSPS) is 12.8. The third kappa shape index (κ3) is 7.24. The first-order valence-corrected chi connectivity index (χ1v) is 19.9. The Morgan fingerprint density at radius 3 is 1.62 bits per heavy atom. The minimum atomic E-state index is -0.0888. The molecule has 52 heavy (non-hydrogen) atoms. The van der Waals surface area contributed by atoms with Gasteiger partial charge in [-0.1, -0.05) is 157 Å². The second-order valence-corrected chi connectivity index (χ2v) is 15.4. The zero-order valence-corrected chi connectivity index (χ0v) is 32.0. The summed E-state index contributed by atoms with van der Waals surface area (Å²) in [5.74, 6) is 0. The molecule has 1 aliphatic rings. The first-order valence-electron chi connectivity index (χ1n) is 19.9. The number of fused-ring (bicyclic) bond motifs is 3. The van der Waals surface area contributed by atoms with Gasteiger partial charge in [-0.15, -0.1) is 0 Å². The van der Waals surface area contributed by atoms with Crippen molar-refractivity contribution in [1.29, 1.82) is 0 Å². The van der Waals surface area contributed by atoms with Gasteiger partial charge in [0.2, 0.25) is 0 Å². The summed E-state index contributed by atoms with van der Waals surface area (Å²) in [6, 6.07) is 50.8. The van der Waals surface area contributed by atoms with E-state index in [1.54, 1.807) is 0 Å². The zero-order chi connectivity index (χ0) is 36.1. The predicted octanol–water partition coefficient (Wildman–Crippen LogP) is 14.8. The third-order valence-electron chi connectivity index (χ3n) is 11.1. The van der Waals surface area contributed by atoms with E-state index in [9.17, 15) is 0 Å². The Bertz CT molecular complexity index is 2110. The summed E-state index contributed by atoms with van der Waals surface area (Å²) in [6.07, 6.45) is 10.6. The van der Waals surface area contributed by atoms with Gasteiger partial charge in [-0.2, -0.15) is 0 Å². The highest BCUT2D eigenvalue weighted by Crippen LogP contribution is 2.51. The predicted molar refractivity (Wildman–Crippen MR) is 225 cm³/mol. The standard InChI is InChI=1S/C51H55N/c1-6-9-19-37-30-38(20-10-7-2)32-41(31-37)42-33-39(21-11-8-3)34-44(35-42)52(50-27-18-16-24-45(50)40-22-13-12-14-23-40)43-28-29-47-46-25-15-17-26-48(46)51(4,5)49(47)36-43/h12-18,22-36H,6-11,19-21H2,1-5H3. The highest BCUT2D eigenvalue weighted by atomic mass is 15.1. The molecular weight excluding hydrogens is 627 g/mol. The Balaban J connectivity index is 1.45. The lowest BCUT2D eigenvalue weighted by atomic mass is 9.82. The van der Waals surface area contributed by atoms with Crippen molar-refractivity contribution in [2.75, 3.05) is 4.90 Å². The van der Waals surface area contributed by atoms with E-state index in [-0.39, 0.29) is 5.41 Å². The molecule has 0 aliphatic heterocycles. The maximum absolute atomic E-state index is 2.54. The van der Waals surface area contributed by atoms with Gasteiger partial charge >= 0.3 is 0 Å². The van der Waals surface area contributed by atoms with Gasteiger partial charge in [0.05, 0.1) is 5.69 Å². The van der Waals surface area contributed by atoms with E-state index in [0.29, 0.717) is 0 Å². The lowest BCUT2D eigenvalue weighted by molar-refractivity contribution is 0.660. The van der Waals surface area contributed by atoms with Gasteiger partial charge in [0.25, 0.3) is 0 Å². The second-order valence-electron chi connectivity index (χ2n) is 15.4. The van der Waals surface area contributed by atoms with E-state index >= 15 is 0 Å². The van der Waals surface area contributed by atoms with Crippen molar-refractivity contribution in [2.24, 2.45) is 0 Å². The summed E-state index contributed by atoms with van der Waals surface area (Å²) < 4.78 is 0. The van der Waals surface area contributed by atoms with E-state index in [1.165, 1.54) is 117 Å². The van der Waals surface area contributed by atoms with Crippen LogP contribution in [0.5, 0.6) is 0 Å². The van der Waals surface area contributed by atoms with E-state index < -0.39 is 0 Å². The highest BCUT2D eigenvalue weighted by Gasteiger charge is 2.36. The van der Waals surface area contributed by atoms with Crippen molar-refractivity contribution < 1.29 is 0 Å². The largest absolute Gasteiger partial charge is 0.310 e. The van der Waals surface area contributed by atoms with Crippen molar-refractivity contribution in [3.8, 4) is 33.4 Å². The number of benzene rings is 6. The van der Waals surface area contributed by atoms with Crippen LogP contribution >= 0.6 is 0 Å². The minimum absolute atomic E-state index is 0.0888. The molecule has 1 nitrogen and oxygen atoms in total. The molecule has 0 amide bonds. The Kier molecular flexibility index (Phi) is 10.8. The van der Waals surface area contributed by atoms with E-state index in [2.05, 4.69) is 173 Å². The van der Waals surface area contributed by atoms with Crippen LogP contribution in [0.2, 0.25) is 0 Å². The van der Waals surface area contributed by atoms with E-state index in [0.717, 1.165) is 19.3 Å². The fourth-order valence-electron chi connectivity index (χ4n) is 8.26. The molecule has 0 saturated heterocycles. The van der Waals surface area contributed by atoms with Gasteiger partial charge in [-0.25, -0.2) is 0 Å². The van der Waals surface area contributed by atoms with Crippen molar-refractivity contribution in [3.63, 3.8) is 0 Å². The minimum Gasteiger partial charge on any atom is -0.310 e. The Hall–Kier alpha value is -4.88. The number of hydrogen-bond donors (Lipinski definition) is 0. The van der Waals surface area contributed by atoms with Crippen molar-refractivity contribution >= 4 is 17.1 Å². The van der Waals surface area contributed by atoms with Gasteiger partial charge in [0, 0.05) is 22.4 Å². The van der Waals surface area contributed by atoms with Gasteiger partial charge < -0.3 is 4.90 Å². The number of hydrogen-bond acceptors (Lipinski definition) is 1. The summed E-state index contributed by atoms with van der Waals surface area (Å²) in [4.78, 5) is 2.54. The molecule has 0 atom stereocenters. The Labute approximate surface area is 313 Å². The van der Waals surface area contributed by atoms with Crippen molar-refractivity contribution in [1.82, 2.24) is 0 Å². The zero-order valence-electron chi connectivity index (χ0n) is 32.0. The fourth-order valence-corrected chi connectivity index (χ4v) is 8.26. The van der Waals surface area contributed by atoms with Crippen molar-refractivity contribution in [2.45, 2.75) is 97.8 Å². The topological polar surface area (TPSA) is 3.24 Å². The van der Waals surface area contributed by atoms with Gasteiger partial charge in [0.1, 0.15) is 0 Å². The molecule has 6 aromatic rings. The summed E-state index contributed by atoms with van der Waals surface area (Å²) >= 11 is 0. The number of nitrogens with zero attached hydrogens (tertiary/aromatic N) is 1. The van der Waals surface area contributed by atoms with Crippen LogP contribution in [0, 0.1) is 0 Å². The molecule has 0 unspecified atom stereocenters. The number of unbranched alkanes of at least 4 members (excludes halogenated alkanes) is 3. The monoisotopic (exact) mass is 681 g/mol. The second kappa shape index (κ2) is 15.8. The molecule has 0 spiro atoms. The van der Waals surface area contributed by atoms with Crippen LogP contribution in [-0.2, 0) is 24.7 Å². The molecule has 6 aromatic carbocycles. The van der Waals surface area contributed by atoms with Crippen LogP contribution in [0.4, 0.5) is 17.1 Å². The van der Waals surface area contributed by atoms with Crippen LogP contribution in [0.15, 0.2) is 133 Å². The molecule has 0 bridgehead atoms. The van der Waals surface area contributed by atoms with Gasteiger partial charge in [-0.05, 0) is 124 Å². The lowest BCUT2D eigenvalue weighted by Gasteiger charge is -2.30. The molecular formula is C51H55N. The third-order valence-corrected chi connectivity index (χ3v) is 11.1. The van der Waals surface area contributed by atoms with Crippen LogP contribution in [0.1, 0.15) is 101 Å². The molecule has 264 valence electrons. The highest BCUT2D eigenvalue weighted by molar-refractivity contribution is 5.91. The first kappa shape index (κ1) is 35.5. The number of para-hydroxylation sites is 1. The van der Waals surface area contributed by atoms with Crippen LogP contribution in [-0.4, -0.2) is 0 Å². The average molecular weight is 682 g/mol. The lowest BCUT2D eigenvalue weighted by Crippen LogP contribution is -2.17. The van der Waals surface area contributed by atoms with Crippen LogP contribution in [0.3, 0.4) is 0 Å². The quantitative estimate of drug-likeness (QED) is 0.111. The average Bonchev–Trinajstić information content (AvgIpc) is 3.41. The Morgan fingerprint density at radius 1 is 0.423 bits per heavy atom. The van der Waals surface area contributed by atoms with E-state index in [1.807, 2.05) is 0 Å². The molecule has 7 rings (SSSR count). The molecule has 0 fully saturated rings. The number of anilines is 3. The molecule has 0 aromatic heterocycles. The summed E-state index contributed by atoms with van der Waals surface area (Å²) in [6.45, 7) is 11.7. The summed E-state index contributed by atoms with van der Waals surface area (Å²) in [5.41, 5.74) is 18.5. The first-order chi connectivity index (χ1) is 25.4. The van der Waals surface area contributed by atoms with Gasteiger partial charge in [-0.3, -0.25) is 0 Å². The summed E-state index contributed by atoms with van der Waals surface area (Å²) in [7, 11) is 0. The van der Waals surface area contributed by atoms with Crippen LogP contribution in [0.25, 0.3) is 33.4 Å². The van der Waals surface area contributed by atoms with Crippen LogP contribution < -0.4 is 4.90 Å². The molecule has 0 N–H and O–H groups in total. The molecule has 0 radical (unpaired) electrons. The van der Waals surface area contributed by atoms with Crippen molar-refractivity contribution in [3.05, 3.63) is 161 Å². The fraction of sp³-hybridized carbons (Fsp3) is 0.294. The maximum atomic E-state index is 2.54. The summed E-state index contributed by atoms with van der Waals surface area (Å²) in [5, 5.41) is 0. The maximum Gasteiger partial charge on any atom is 0.0540 e. The SMILES string of the molecule is CCCCc1cc(CCCC)cc(-c2cc(CCCC)cc(N(c3ccc4c(c3)C(C)(C)c3ccccc3-4)c3ccccc3-c3ccccc3)c2)c1. The Morgan fingerprint density at radius 2 is 0.962 bits per heavy atom. The molecule has 1 aliphatic carbocycles. The van der Waals surface area contributed by atoms with Gasteiger partial charge in [0.15, 0.2) is 0 Å². The smallest absolute Gasteiger partial charge is 0.0540 e.